The molecule has 0 spiro atoms. The van der Waals surface area contributed by atoms with Gasteiger partial charge in [0.25, 0.3) is 5.91 Å². The maximum atomic E-state index is 12.2. The molecule has 0 unspecified atom stereocenters. The van der Waals surface area contributed by atoms with Gasteiger partial charge in [-0.25, -0.2) is 9.59 Å². The molecule has 39 heavy (non-hydrogen) atoms. The Labute approximate surface area is 216 Å². The standard InChI is InChI=1S/C18H22N4O3.2C2HF3O2/c1-12-6-15(21-25-12)8-22-9-16-14(11-24-17(16)10-22)7-20-18(23)13-2-4-19-5-3-13;2*3-2(4,5)1(6)7/h2-6,14,16-17H,7-11H2,1H3,(H,20,23);2*(H,6,7)/t14-,16-,17-;;/m1../s1. The maximum absolute atomic E-state index is 12.2. The number of aromatic nitrogens is 2. The minimum absolute atomic E-state index is 0.0567. The van der Waals surface area contributed by atoms with Gasteiger partial charge in [0, 0.05) is 62.0 Å². The van der Waals surface area contributed by atoms with Crippen LogP contribution in [0.2, 0.25) is 0 Å². The lowest BCUT2D eigenvalue weighted by Crippen LogP contribution is -2.34. The van der Waals surface area contributed by atoms with Crippen LogP contribution in [0.4, 0.5) is 26.3 Å². The zero-order valence-electron chi connectivity index (χ0n) is 20.2. The van der Waals surface area contributed by atoms with Crippen LogP contribution in [0.5, 0.6) is 0 Å². The number of amides is 1. The smallest absolute Gasteiger partial charge is 0.475 e. The van der Waals surface area contributed by atoms with Gasteiger partial charge >= 0.3 is 24.3 Å². The fourth-order valence-corrected chi connectivity index (χ4v) is 3.77. The Morgan fingerprint density at radius 2 is 1.62 bits per heavy atom. The monoisotopic (exact) mass is 570 g/mol. The van der Waals surface area contributed by atoms with E-state index in [0.717, 1.165) is 31.1 Å². The van der Waals surface area contributed by atoms with Crippen molar-refractivity contribution in [3.8, 4) is 0 Å². The molecule has 0 aliphatic carbocycles. The third-order valence-corrected chi connectivity index (χ3v) is 5.53. The van der Waals surface area contributed by atoms with Crippen LogP contribution in [-0.4, -0.2) is 87.8 Å². The molecule has 0 radical (unpaired) electrons. The lowest BCUT2D eigenvalue weighted by Gasteiger charge is -2.19. The number of pyridine rings is 1. The molecule has 2 aromatic rings. The molecule has 2 aliphatic rings. The molecule has 216 valence electrons. The Morgan fingerprint density at radius 3 is 2.10 bits per heavy atom. The summed E-state index contributed by atoms with van der Waals surface area (Å²) >= 11 is 0. The fourth-order valence-electron chi connectivity index (χ4n) is 3.77. The molecular weight excluding hydrogens is 546 g/mol. The number of alkyl halides is 6. The molecule has 2 fully saturated rings. The third-order valence-electron chi connectivity index (χ3n) is 5.53. The Kier molecular flexibility index (Phi) is 10.8. The largest absolute Gasteiger partial charge is 0.490 e. The average Bonchev–Trinajstić information content (AvgIpc) is 3.54. The first-order chi connectivity index (χ1) is 18.1. The number of halogens is 6. The van der Waals surface area contributed by atoms with Gasteiger partial charge in [0.1, 0.15) is 5.76 Å². The second-order valence-corrected chi connectivity index (χ2v) is 8.47. The van der Waals surface area contributed by atoms with Crippen LogP contribution in [0.3, 0.4) is 0 Å². The second-order valence-electron chi connectivity index (χ2n) is 8.47. The summed E-state index contributed by atoms with van der Waals surface area (Å²) in [4.78, 5) is 36.3. The number of carbonyl (C=O) groups is 3. The van der Waals surface area contributed by atoms with E-state index in [-0.39, 0.29) is 12.0 Å². The van der Waals surface area contributed by atoms with E-state index in [4.69, 9.17) is 29.1 Å². The highest BCUT2D eigenvalue weighted by Crippen LogP contribution is 2.34. The summed E-state index contributed by atoms with van der Waals surface area (Å²) < 4.78 is 74.6. The Hall–Kier alpha value is -3.73. The molecule has 0 aromatic carbocycles. The summed E-state index contributed by atoms with van der Waals surface area (Å²) in [5.41, 5.74) is 1.60. The highest BCUT2D eigenvalue weighted by molar-refractivity contribution is 5.93. The lowest BCUT2D eigenvalue weighted by molar-refractivity contribution is -0.193. The number of carboxylic acids is 2. The van der Waals surface area contributed by atoms with Crippen molar-refractivity contribution in [1.29, 1.82) is 0 Å². The molecule has 1 amide bonds. The topological polar surface area (TPSA) is 155 Å². The lowest BCUT2D eigenvalue weighted by atomic mass is 9.93. The molecule has 2 aromatic heterocycles. The number of fused-ring (bicyclic) bond motifs is 1. The van der Waals surface area contributed by atoms with Crippen molar-refractivity contribution in [2.75, 3.05) is 26.2 Å². The van der Waals surface area contributed by atoms with Crippen molar-refractivity contribution in [1.82, 2.24) is 20.4 Å². The number of hydrogen-bond acceptors (Lipinski definition) is 8. The first kappa shape index (κ1) is 31.5. The normalized spacial score (nSPS) is 20.6. The van der Waals surface area contributed by atoms with Gasteiger partial charge in [-0.3, -0.25) is 14.7 Å². The van der Waals surface area contributed by atoms with Gasteiger partial charge in [0.05, 0.1) is 18.4 Å². The van der Waals surface area contributed by atoms with Gasteiger partial charge in [-0.1, -0.05) is 5.16 Å². The van der Waals surface area contributed by atoms with E-state index in [1.54, 1.807) is 24.5 Å². The number of nitrogens with one attached hydrogen (secondary N) is 1. The van der Waals surface area contributed by atoms with E-state index in [0.29, 0.717) is 30.6 Å². The third kappa shape index (κ3) is 10.2. The molecule has 0 bridgehead atoms. The molecule has 0 saturated carbocycles. The number of likely N-dealkylation sites (tertiary alicyclic amines) is 1. The van der Waals surface area contributed by atoms with Crippen LogP contribution in [-0.2, 0) is 20.9 Å². The van der Waals surface area contributed by atoms with Gasteiger partial charge in [-0.15, -0.1) is 0 Å². The predicted octanol–water partition coefficient (Wildman–Crippen LogP) is 2.52. The number of rotatable bonds is 5. The van der Waals surface area contributed by atoms with E-state index < -0.39 is 24.3 Å². The summed E-state index contributed by atoms with van der Waals surface area (Å²) in [7, 11) is 0. The van der Waals surface area contributed by atoms with Gasteiger partial charge in [-0.05, 0) is 19.1 Å². The maximum Gasteiger partial charge on any atom is 0.490 e. The number of ether oxygens (including phenoxy) is 1. The molecule has 4 heterocycles. The van der Waals surface area contributed by atoms with Crippen LogP contribution in [0.25, 0.3) is 0 Å². The van der Waals surface area contributed by atoms with E-state index in [1.165, 1.54) is 0 Å². The quantitative estimate of drug-likeness (QED) is 0.457. The molecule has 3 atom stereocenters. The van der Waals surface area contributed by atoms with E-state index >= 15 is 0 Å². The zero-order valence-corrected chi connectivity index (χ0v) is 20.2. The number of aryl methyl sites for hydroxylation is 1. The van der Waals surface area contributed by atoms with Crippen molar-refractivity contribution in [3.63, 3.8) is 0 Å². The van der Waals surface area contributed by atoms with Gasteiger partial charge in [0.2, 0.25) is 0 Å². The van der Waals surface area contributed by atoms with E-state index in [2.05, 4.69) is 20.4 Å². The Bertz CT molecular complexity index is 1090. The van der Waals surface area contributed by atoms with Gasteiger partial charge in [-0.2, -0.15) is 26.3 Å². The summed E-state index contributed by atoms with van der Waals surface area (Å²) in [6.45, 7) is 5.91. The van der Waals surface area contributed by atoms with Crippen molar-refractivity contribution in [2.24, 2.45) is 11.8 Å². The van der Waals surface area contributed by atoms with Gasteiger partial charge in [0.15, 0.2) is 0 Å². The second kappa shape index (κ2) is 13.4. The summed E-state index contributed by atoms with van der Waals surface area (Å²) in [6.07, 6.45) is -6.66. The average molecular weight is 570 g/mol. The Balaban J connectivity index is 0.000000317. The number of carbonyl (C=O) groups excluding carboxylic acids is 1. The molecular formula is C22H24F6N4O7. The number of carboxylic acid groups (broad SMARTS) is 2. The highest BCUT2D eigenvalue weighted by atomic mass is 19.4. The van der Waals surface area contributed by atoms with Gasteiger partial charge < -0.3 is 24.8 Å². The van der Waals surface area contributed by atoms with Crippen molar-refractivity contribution in [2.45, 2.75) is 31.9 Å². The van der Waals surface area contributed by atoms with E-state index in [9.17, 15) is 31.1 Å². The first-order valence-electron chi connectivity index (χ1n) is 11.1. The van der Waals surface area contributed by atoms with Crippen LogP contribution < -0.4 is 5.32 Å². The van der Waals surface area contributed by atoms with Crippen molar-refractivity contribution < 1.29 is 60.2 Å². The SMILES string of the molecule is Cc1cc(CN2C[C@@H]3[C@H](CNC(=O)c4ccncc4)CO[C@@H]3C2)no1.O=C(O)C(F)(F)F.O=C(O)C(F)(F)F. The summed E-state index contributed by atoms with van der Waals surface area (Å²) in [5, 5.41) is 21.3. The Morgan fingerprint density at radius 1 is 1.05 bits per heavy atom. The predicted molar refractivity (Wildman–Crippen MR) is 117 cm³/mol. The van der Waals surface area contributed by atoms with Crippen LogP contribution in [0, 0.1) is 18.8 Å². The summed E-state index contributed by atoms with van der Waals surface area (Å²) in [6, 6.07) is 5.42. The number of nitrogens with zero attached hydrogens (tertiary/aromatic N) is 3. The highest BCUT2D eigenvalue weighted by Gasteiger charge is 2.44. The van der Waals surface area contributed by atoms with E-state index in [1.807, 2.05) is 13.0 Å². The van der Waals surface area contributed by atoms with Crippen molar-refractivity contribution >= 4 is 17.8 Å². The zero-order chi connectivity index (χ0) is 29.4. The van der Waals surface area contributed by atoms with Crippen LogP contribution in [0.1, 0.15) is 21.8 Å². The number of aliphatic carboxylic acids is 2. The molecule has 2 saturated heterocycles. The number of hydrogen-bond donors (Lipinski definition) is 3. The van der Waals surface area contributed by atoms with Crippen molar-refractivity contribution in [3.05, 3.63) is 47.6 Å². The molecule has 11 nitrogen and oxygen atoms in total. The molecule has 17 heteroatoms. The molecule has 4 rings (SSSR count). The summed E-state index contributed by atoms with van der Waals surface area (Å²) in [5.74, 6) is -3.94. The molecule has 2 aliphatic heterocycles. The molecule has 3 N–H and O–H groups in total. The minimum Gasteiger partial charge on any atom is -0.475 e. The minimum atomic E-state index is -5.08. The van der Waals surface area contributed by atoms with Crippen LogP contribution in [0.15, 0.2) is 35.1 Å². The first-order valence-corrected chi connectivity index (χ1v) is 11.1. The fraction of sp³-hybridized carbons (Fsp3) is 0.500. The van der Waals surface area contributed by atoms with Crippen LogP contribution >= 0.6 is 0 Å².